The lowest BCUT2D eigenvalue weighted by Gasteiger charge is -2.34. The molecule has 1 fully saturated rings. The Morgan fingerprint density at radius 2 is 1.50 bits per heavy atom. The summed E-state index contributed by atoms with van der Waals surface area (Å²) in [7, 11) is 0. The van der Waals surface area contributed by atoms with Crippen molar-refractivity contribution < 1.29 is 4.79 Å². The predicted molar refractivity (Wildman–Crippen MR) is 114 cm³/mol. The largest absolute Gasteiger partial charge is 0.338 e. The third-order valence-electron chi connectivity index (χ3n) is 5.41. The Labute approximate surface area is 168 Å². The zero-order chi connectivity index (χ0) is 19.6. The van der Waals surface area contributed by atoms with Crippen LogP contribution in [0, 0.1) is 0 Å². The van der Waals surface area contributed by atoms with Gasteiger partial charge in [0.25, 0.3) is 0 Å². The molecule has 1 heterocycles. The van der Waals surface area contributed by atoms with Crippen molar-refractivity contribution in [3.8, 4) is 0 Å². The lowest BCUT2D eigenvalue weighted by Crippen LogP contribution is -2.45. The van der Waals surface area contributed by atoms with E-state index < -0.39 is 0 Å². The molecule has 0 aromatic heterocycles. The molecular formula is C23H32N4O. The van der Waals surface area contributed by atoms with E-state index in [1.165, 1.54) is 16.7 Å². The Balaban J connectivity index is 1.43. The van der Waals surface area contributed by atoms with E-state index in [1.807, 2.05) is 24.3 Å². The summed E-state index contributed by atoms with van der Waals surface area (Å²) in [6, 6.07) is 18.5. The van der Waals surface area contributed by atoms with E-state index in [-0.39, 0.29) is 6.03 Å². The van der Waals surface area contributed by atoms with Crippen molar-refractivity contribution >= 4 is 6.03 Å². The zero-order valence-corrected chi connectivity index (χ0v) is 16.9. The standard InChI is InChI=1S/C23H32N4O/c1-2-26-14-16-27(17-15-26)19-22-11-7-6-10-21(22)18-25-23(28)24-13-12-20-8-4-3-5-9-20/h3-11H,2,12-19H2,1H3,(H2,24,25,28). The average Bonchev–Trinajstić information content (AvgIpc) is 2.74. The Morgan fingerprint density at radius 3 is 2.21 bits per heavy atom. The Bertz CT molecular complexity index is 726. The Hall–Kier alpha value is -2.37. The fourth-order valence-electron chi connectivity index (χ4n) is 3.59. The fourth-order valence-corrected chi connectivity index (χ4v) is 3.59. The van der Waals surface area contributed by atoms with Crippen LogP contribution in [-0.4, -0.2) is 55.1 Å². The van der Waals surface area contributed by atoms with Crippen LogP contribution in [0.2, 0.25) is 0 Å². The second kappa shape index (κ2) is 10.8. The van der Waals surface area contributed by atoms with Crippen LogP contribution in [0.1, 0.15) is 23.6 Å². The topological polar surface area (TPSA) is 47.6 Å². The molecule has 0 spiro atoms. The summed E-state index contributed by atoms with van der Waals surface area (Å²) >= 11 is 0. The number of urea groups is 1. The SMILES string of the molecule is CCN1CCN(Cc2ccccc2CNC(=O)NCCc2ccccc2)CC1. The number of carbonyl (C=O) groups is 1. The van der Waals surface area contributed by atoms with E-state index in [2.05, 4.69) is 57.7 Å². The number of likely N-dealkylation sites (N-methyl/N-ethyl adjacent to an activating group) is 1. The van der Waals surface area contributed by atoms with Crippen molar-refractivity contribution in [2.75, 3.05) is 39.3 Å². The number of benzene rings is 2. The molecule has 1 aliphatic rings. The molecule has 3 rings (SSSR count). The number of piperazine rings is 1. The van der Waals surface area contributed by atoms with Crippen LogP contribution in [0.5, 0.6) is 0 Å². The predicted octanol–water partition coefficient (Wildman–Crippen LogP) is 2.87. The van der Waals surface area contributed by atoms with E-state index >= 15 is 0 Å². The summed E-state index contributed by atoms with van der Waals surface area (Å²) < 4.78 is 0. The summed E-state index contributed by atoms with van der Waals surface area (Å²) in [5, 5.41) is 5.95. The number of rotatable bonds is 8. The lowest BCUT2D eigenvalue weighted by molar-refractivity contribution is 0.131. The molecule has 2 amide bonds. The van der Waals surface area contributed by atoms with Crippen molar-refractivity contribution in [1.29, 1.82) is 0 Å². The molecule has 2 aromatic rings. The van der Waals surface area contributed by atoms with Crippen molar-refractivity contribution in [1.82, 2.24) is 20.4 Å². The molecular weight excluding hydrogens is 348 g/mol. The molecule has 5 nitrogen and oxygen atoms in total. The number of nitrogens with zero attached hydrogens (tertiary/aromatic N) is 2. The van der Waals surface area contributed by atoms with Crippen LogP contribution in [0.15, 0.2) is 54.6 Å². The highest BCUT2D eigenvalue weighted by atomic mass is 16.2. The molecule has 0 saturated carbocycles. The first-order valence-electron chi connectivity index (χ1n) is 10.3. The van der Waals surface area contributed by atoms with Gasteiger partial charge in [-0.1, -0.05) is 61.5 Å². The summed E-state index contributed by atoms with van der Waals surface area (Å²) in [6.07, 6.45) is 0.842. The van der Waals surface area contributed by atoms with Crippen LogP contribution in [0.25, 0.3) is 0 Å². The number of hydrogen-bond donors (Lipinski definition) is 2. The molecule has 28 heavy (non-hydrogen) atoms. The summed E-state index contributed by atoms with van der Waals surface area (Å²) in [5.74, 6) is 0. The number of amides is 2. The van der Waals surface area contributed by atoms with Crippen molar-refractivity contribution in [2.45, 2.75) is 26.4 Å². The zero-order valence-electron chi connectivity index (χ0n) is 16.9. The van der Waals surface area contributed by atoms with Gasteiger partial charge in [-0.15, -0.1) is 0 Å². The second-order valence-electron chi connectivity index (χ2n) is 7.32. The van der Waals surface area contributed by atoms with Gasteiger partial charge in [-0.2, -0.15) is 0 Å². The Kier molecular flexibility index (Phi) is 7.88. The van der Waals surface area contributed by atoms with Crippen molar-refractivity contribution in [3.05, 3.63) is 71.3 Å². The fraction of sp³-hybridized carbons (Fsp3) is 0.435. The molecule has 2 N–H and O–H groups in total. The molecule has 150 valence electrons. The third-order valence-corrected chi connectivity index (χ3v) is 5.41. The molecule has 0 atom stereocenters. The minimum absolute atomic E-state index is 0.109. The molecule has 1 aliphatic heterocycles. The minimum atomic E-state index is -0.109. The maximum absolute atomic E-state index is 12.1. The number of carbonyl (C=O) groups excluding carboxylic acids is 1. The Morgan fingerprint density at radius 1 is 0.857 bits per heavy atom. The minimum Gasteiger partial charge on any atom is -0.338 e. The van der Waals surface area contributed by atoms with E-state index in [0.717, 1.165) is 45.7 Å². The van der Waals surface area contributed by atoms with Crippen molar-refractivity contribution in [2.24, 2.45) is 0 Å². The summed E-state index contributed by atoms with van der Waals surface area (Å²) in [4.78, 5) is 17.1. The second-order valence-corrected chi connectivity index (χ2v) is 7.32. The molecule has 2 aromatic carbocycles. The maximum atomic E-state index is 12.1. The van der Waals surface area contributed by atoms with Gasteiger partial charge in [0, 0.05) is 45.8 Å². The summed E-state index contributed by atoms with van der Waals surface area (Å²) in [6.45, 7) is 9.99. The number of hydrogen-bond acceptors (Lipinski definition) is 3. The highest BCUT2D eigenvalue weighted by Gasteiger charge is 2.16. The van der Waals surface area contributed by atoms with Gasteiger partial charge in [-0.3, -0.25) is 4.90 Å². The average molecular weight is 381 g/mol. The monoisotopic (exact) mass is 380 g/mol. The molecule has 0 bridgehead atoms. The molecule has 0 radical (unpaired) electrons. The smallest absolute Gasteiger partial charge is 0.315 e. The van der Waals surface area contributed by atoms with Gasteiger partial charge < -0.3 is 15.5 Å². The van der Waals surface area contributed by atoms with E-state index in [0.29, 0.717) is 13.1 Å². The van der Waals surface area contributed by atoms with Crippen LogP contribution in [0.4, 0.5) is 4.79 Å². The summed E-state index contributed by atoms with van der Waals surface area (Å²) in [5.41, 5.74) is 3.73. The third kappa shape index (κ3) is 6.36. The lowest BCUT2D eigenvalue weighted by atomic mass is 10.1. The van der Waals surface area contributed by atoms with Gasteiger partial charge in [-0.05, 0) is 29.7 Å². The van der Waals surface area contributed by atoms with Crippen LogP contribution < -0.4 is 10.6 Å². The van der Waals surface area contributed by atoms with Crippen LogP contribution in [-0.2, 0) is 19.5 Å². The normalized spacial score (nSPS) is 15.3. The molecule has 0 unspecified atom stereocenters. The highest BCUT2D eigenvalue weighted by Crippen LogP contribution is 2.13. The van der Waals surface area contributed by atoms with Gasteiger partial charge in [0.2, 0.25) is 0 Å². The van der Waals surface area contributed by atoms with Crippen LogP contribution in [0.3, 0.4) is 0 Å². The van der Waals surface area contributed by atoms with E-state index in [9.17, 15) is 4.79 Å². The van der Waals surface area contributed by atoms with Crippen molar-refractivity contribution in [3.63, 3.8) is 0 Å². The molecule has 1 saturated heterocycles. The maximum Gasteiger partial charge on any atom is 0.315 e. The molecule has 5 heteroatoms. The van der Waals surface area contributed by atoms with E-state index in [4.69, 9.17) is 0 Å². The van der Waals surface area contributed by atoms with Gasteiger partial charge in [0.1, 0.15) is 0 Å². The van der Waals surface area contributed by atoms with Crippen LogP contribution >= 0.6 is 0 Å². The van der Waals surface area contributed by atoms with E-state index in [1.54, 1.807) is 0 Å². The first-order valence-corrected chi connectivity index (χ1v) is 10.3. The van der Waals surface area contributed by atoms with Gasteiger partial charge >= 0.3 is 6.03 Å². The van der Waals surface area contributed by atoms with Gasteiger partial charge in [0.05, 0.1) is 0 Å². The first-order chi connectivity index (χ1) is 13.7. The molecule has 0 aliphatic carbocycles. The number of nitrogens with one attached hydrogen (secondary N) is 2. The first kappa shape index (κ1) is 20.4. The highest BCUT2D eigenvalue weighted by molar-refractivity contribution is 5.73. The van der Waals surface area contributed by atoms with Gasteiger partial charge in [-0.25, -0.2) is 4.79 Å². The quantitative estimate of drug-likeness (QED) is 0.740. The van der Waals surface area contributed by atoms with Gasteiger partial charge in [0.15, 0.2) is 0 Å².